The SMILES string of the molecule is O=c1cc(C(F)F)ncn1CC1CCN(c2nccn3nc(C4CC4)cc23)CC1. The van der Waals surface area contributed by atoms with Gasteiger partial charge in [-0.05, 0) is 37.7 Å². The molecule has 4 heterocycles. The van der Waals surface area contributed by atoms with Crippen molar-refractivity contribution < 1.29 is 8.78 Å². The Morgan fingerprint density at radius 2 is 1.90 bits per heavy atom. The summed E-state index contributed by atoms with van der Waals surface area (Å²) in [5, 5.41) is 4.68. The van der Waals surface area contributed by atoms with E-state index in [9.17, 15) is 13.6 Å². The summed E-state index contributed by atoms with van der Waals surface area (Å²) in [4.78, 5) is 22.6. The van der Waals surface area contributed by atoms with E-state index in [1.54, 1.807) is 6.20 Å². The molecule has 3 aromatic heterocycles. The molecule has 152 valence electrons. The summed E-state index contributed by atoms with van der Waals surface area (Å²) in [6.07, 6.45) is 6.41. The van der Waals surface area contributed by atoms with Crippen molar-refractivity contribution in [1.82, 2.24) is 24.1 Å². The fraction of sp³-hybridized carbons (Fsp3) is 0.500. The molecule has 2 fully saturated rings. The first kappa shape index (κ1) is 18.2. The van der Waals surface area contributed by atoms with Gasteiger partial charge in [0.2, 0.25) is 0 Å². The van der Waals surface area contributed by atoms with Crippen LogP contribution in [0.4, 0.5) is 14.6 Å². The summed E-state index contributed by atoms with van der Waals surface area (Å²) in [5.74, 6) is 1.84. The molecule has 0 bridgehead atoms. The van der Waals surface area contributed by atoms with E-state index in [0.29, 0.717) is 18.4 Å². The van der Waals surface area contributed by atoms with Crippen LogP contribution in [0.25, 0.3) is 5.52 Å². The Labute approximate surface area is 166 Å². The third kappa shape index (κ3) is 3.61. The molecule has 0 unspecified atom stereocenters. The Morgan fingerprint density at radius 3 is 2.59 bits per heavy atom. The Kier molecular flexibility index (Phi) is 4.52. The molecule has 29 heavy (non-hydrogen) atoms. The van der Waals surface area contributed by atoms with Gasteiger partial charge in [-0.1, -0.05) is 0 Å². The van der Waals surface area contributed by atoms with Crippen molar-refractivity contribution in [3.05, 3.63) is 52.6 Å². The number of piperidine rings is 1. The highest BCUT2D eigenvalue weighted by molar-refractivity contribution is 5.69. The molecule has 0 N–H and O–H groups in total. The van der Waals surface area contributed by atoms with Crippen LogP contribution >= 0.6 is 0 Å². The van der Waals surface area contributed by atoms with Crippen molar-refractivity contribution in [2.45, 2.75) is 44.6 Å². The number of anilines is 1. The highest BCUT2D eigenvalue weighted by atomic mass is 19.3. The van der Waals surface area contributed by atoms with Crippen LogP contribution in [0.2, 0.25) is 0 Å². The van der Waals surface area contributed by atoms with Crippen LogP contribution in [-0.2, 0) is 6.54 Å². The van der Waals surface area contributed by atoms with E-state index in [0.717, 1.165) is 49.0 Å². The van der Waals surface area contributed by atoms with Gasteiger partial charge in [-0.15, -0.1) is 0 Å². The van der Waals surface area contributed by atoms with Gasteiger partial charge in [0.25, 0.3) is 12.0 Å². The van der Waals surface area contributed by atoms with Crippen LogP contribution in [-0.4, -0.2) is 37.2 Å². The number of alkyl halides is 2. The molecule has 1 aliphatic carbocycles. The molecule has 0 amide bonds. The van der Waals surface area contributed by atoms with Gasteiger partial charge < -0.3 is 4.90 Å². The topological polar surface area (TPSA) is 68.3 Å². The minimum atomic E-state index is -2.72. The van der Waals surface area contributed by atoms with Gasteiger partial charge in [0.15, 0.2) is 5.82 Å². The van der Waals surface area contributed by atoms with Crippen LogP contribution in [0.5, 0.6) is 0 Å². The molecule has 0 aromatic carbocycles. The van der Waals surface area contributed by atoms with E-state index in [1.165, 1.54) is 23.7 Å². The summed E-state index contributed by atoms with van der Waals surface area (Å²) < 4.78 is 28.7. The van der Waals surface area contributed by atoms with E-state index in [-0.39, 0.29) is 0 Å². The van der Waals surface area contributed by atoms with Crippen molar-refractivity contribution in [2.75, 3.05) is 18.0 Å². The van der Waals surface area contributed by atoms with Gasteiger partial charge >= 0.3 is 0 Å². The Hall–Kier alpha value is -2.84. The van der Waals surface area contributed by atoms with Crippen LogP contribution in [0, 0.1) is 5.92 Å². The Morgan fingerprint density at radius 1 is 1.10 bits per heavy atom. The smallest absolute Gasteiger partial charge is 0.280 e. The van der Waals surface area contributed by atoms with E-state index < -0.39 is 17.7 Å². The molecule has 5 rings (SSSR count). The molecule has 1 saturated carbocycles. The Bertz CT molecular complexity index is 1080. The van der Waals surface area contributed by atoms with Gasteiger partial charge in [-0.3, -0.25) is 9.36 Å². The lowest BCUT2D eigenvalue weighted by atomic mass is 9.96. The van der Waals surface area contributed by atoms with Crippen LogP contribution in [0.15, 0.2) is 35.6 Å². The predicted octanol–water partition coefficient (Wildman–Crippen LogP) is 3.02. The molecule has 9 heteroatoms. The molecule has 0 spiro atoms. The summed E-state index contributed by atoms with van der Waals surface area (Å²) >= 11 is 0. The van der Waals surface area contributed by atoms with Crippen molar-refractivity contribution in [3.63, 3.8) is 0 Å². The molecule has 0 radical (unpaired) electrons. The van der Waals surface area contributed by atoms with Gasteiger partial charge in [-0.25, -0.2) is 23.3 Å². The largest absolute Gasteiger partial charge is 0.355 e. The van der Waals surface area contributed by atoms with E-state index >= 15 is 0 Å². The van der Waals surface area contributed by atoms with Gasteiger partial charge in [0, 0.05) is 44.0 Å². The number of hydrogen-bond donors (Lipinski definition) is 0. The number of aromatic nitrogens is 5. The minimum Gasteiger partial charge on any atom is -0.355 e. The number of nitrogens with zero attached hydrogens (tertiary/aromatic N) is 6. The third-order valence-corrected chi connectivity index (χ3v) is 5.88. The number of halogens is 2. The summed E-state index contributed by atoms with van der Waals surface area (Å²) in [6, 6.07) is 3.09. The van der Waals surface area contributed by atoms with Gasteiger partial charge in [-0.2, -0.15) is 5.10 Å². The van der Waals surface area contributed by atoms with Crippen molar-refractivity contribution >= 4 is 11.3 Å². The molecule has 0 atom stereocenters. The second-order valence-corrected chi connectivity index (χ2v) is 7.96. The lowest BCUT2D eigenvalue weighted by Gasteiger charge is -2.33. The van der Waals surface area contributed by atoms with Crippen LogP contribution < -0.4 is 10.5 Å². The third-order valence-electron chi connectivity index (χ3n) is 5.88. The molecule has 1 aliphatic heterocycles. The number of hydrogen-bond acceptors (Lipinski definition) is 5. The second-order valence-electron chi connectivity index (χ2n) is 7.96. The maximum absolute atomic E-state index is 12.7. The first-order valence-electron chi connectivity index (χ1n) is 10.0. The standard InChI is InChI=1S/C20H22F2N6O/c21-19(22)16-10-18(29)27(12-24-16)11-13-3-6-26(7-4-13)20-17-9-15(14-1-2-14)25-28(17)8-5-23-20/h5,8-10,12-14,19H,1-4,6-7,11H2. The zero-order valence-electron chi connectivity index (χ0n) is 15.9. The highest BCUT2D eigenvalue weighted by Crippen LogP contribution is 2.40. The minimum absolute atomic E-state index is 0.301. The molecule has 1 saturated heterocycles. The Balaban J connectivity index is 1.27. The summed E-state index contributed by atoms with van der Waals surface area (Å²) in [7, 11) is 0. The van der Waals surface area contributed by atoms with E-state index in [2.05, 4.69) is 26.0 Å². The quantitative estimate of drug-likeness (QED) is 0.659. The first-order valence-corrected chi connectivity index (χ1v) is 10.0. The van der Waals surface area contributed by atoms with E-state index in [1.807, 2.05) is 10.7 Å². The fourth-order valence-electron chi connectivity index (χ4n) is 4.05. The summed E-state index contributed by atoms with van der Waals surface area (Å²) in [5.41, 5.74) is 1.30. The van der Waals surface area contributed by atoms with Crippen molar-refractivity contribution in [1.29, 1.82) is 0 Å². The monoisotopic (exact) mass is 400 g/mol. The average Bonchev–Trinajstić information content (AvgIpc) is 3.48. The summed E-state index contributed by atoms with van der Waals surface area (Å²) in [6.45, 7) is 2.16. The first-order chi connectivity index (χ1) is 14.1. The maximum atomic E-state index is 12.7. The average molecular weight is 400 g/mol. The molecular weight excluding hydrogens is 378 g/mol. The normalized spacial score (nSPS) is 18.1. The molecule has 2 aliphatic rings. The molecule has 7 nitrogen and oxygen atoms in total. The number of fused-ring (bicyclic) bond motifs is 1. The lowest BCUT2D eigenvalue weighted by Crippen LogP contribution is -2.37. The zero-order valence-corrected chi connectivity index (χ0v) is 15.9. The maximum Gasteiger partial charge on any atom is 0.280 e. The molecular formula is C20H22F2N6O. The van der Waals surface area contributed by atoms with Crippen LogP contribution in [0.1, 0.15) is 49.4 Å². The van der Waals surface area contributed by atoms with Crippen molar-refractivity contribution in [2.24, 2.45) is 5.92 Å². The zero-order chi connectivity index (χ0) is 20.0. The van der Waals surface area contributed by atoms with Gasteiger partial charge in [0.05, 0.1) is 12.0 Å². The van der Waals surface area contributed by atoms with E-state index in [4.69, 9.17) is 0 Å². The van der Waals surface area contributed by atoms with Crippen LogP contribution in [0.3, 0.4) is 0 Å². The lowest BCUT2D eigenvalue weighted by molar-refractivity contribution is 0.145. The predicted molar refractivity (Wildman–Crippen MR) is 103 cm³/mol. The highest BCUT2D eigenvalue weighted by Gasteiger charge is 2.28. The van der Waals surface area contributed by atoms with Crippen molar-refractivity contribution in [3.8, 4) is 0 Å². The fourth-order valence-corrected chi connectivity index (χ4v) is 4.05. The van der Waals surface area contributed by atoms with Gasteiger partial charge in [0.1, 0.15) is 11.2 Å². The second kappa shape index (κ2) is 7.20. The molecule has 3 aromatic rings. The number of rotatable bonds is 5.